The van der Waals surface area contributed by atoms with Crippen LogP contribution in [0.15, 0.2) is 35.7 Å². The van der Waals surface area contributed by atoms with Gasteiger partial charge in [0, 0.05) is 30.1 Å². The third-order valence-corrected chi connectivity index (χ3v) is 8.19. The van der Waals surface area contributed by atoms with E-state index in [-0.39, 0.29) is 30.3 Å². The molecule has 0 saturated carbocycles. The molecule has 1 aliphatic carbocycles. The summed E-state index contributed by atoms with van der Waals surface area (Å²) < 4.78 is 39.8. The van der Waals surface area contributed by atoms with Gasteiger partial charge < -0.3 is 10.2 Å². The minimum absolute atomic E-state index is 0.0116. The van der Waals surface area contributed by atoms with Crippen LogP contribution in [0.3, 0.4) is 0 Å². The summed E-state index contributed by atoms with van der Waals surface area (Å²) >= 11 is 1.46. The summed E-state index contributed by atoms with van der Waals surface area (Å²) in [5, 5.41) is 9.35. The highest BCUT2D eigenvalue weighted by Gasteiger charge is 2.35. The molecule has 3 heterocycles. The average molecular weight is 532 g/mol. The fourth-order valence-corrected chi connectivity index (χ4v) is 6.10. The lowest BCUT2D eigenvalue weighted by molar-refractivity contribution is -0.142. The van der Waals surface area contributed by atoms with Crippen LogP contribution in [-0.2, 0) is 23.9 Å². The van der Waals surface area contributed by atoms with Crippen LogP contribution < -0.4 is 5.32 Å². The predicted molar refractivity (Wildman–Crippen MR) is 132 cm³/mol. The van der Waals surface area contributed by atoms with Crippen LogP contribution in [0.2, 0.25) is 0 Å². The zero-order chi connectivity index (χ0) is 26.2. The number of likely N-dealkylation sites (tertiary alicyclic amines) is 1. The summed E-state index contributed by atoms with van der Waals surface area (Å²) in [6.07, 6.45) is -0.209. The number of carbonyl (C=O) groups excluding carboxylic acids is 2. The van der Waals surface area contributed by atoms with E-state index < -0.39 is 11.9 Å². The van der Waals surface area contributed by atoms with Crippen LogP contribution in [0, 0.1) is 6.92 Å². The van der Waals surface area contributed by atoms with Crippen molar-refractivity contribution in [2.75, 3.05) is 13.1 Å². The van der Waals surface area contributed by atoms with E-state index in [0.717, 1.165) is 35.0 Å². The van der Waals surface area contributed by atoms with Gasteiger partial charge in [0.2, 0.25) is 5.91 Å². The predicted octanol–water partition coefficient (Wildman–Crippen LogP) is 4.88. The van der Waals surface area contributed by atoms with Gasteiger partial charge in [0.1, 0.15) is 12.2 Å². The van der Waals surface area contributed by atoms with Crippen molar-refractivity contribution < 1.29 is 22.8 Å². The van der Waals surface area contributed by atoms with Crippen molar-refractivity contribution >= 4 is 23.2 Å². The Balaban J connectivity index is 1.15. The molecule has 5 rings (SSSR count). The van der Waals surface area contributed by atoms with Crippen LogP contribution >= 0.6 is 11.3 Å². The van der Waals surface area contributed by atoms with Crippen molar-refractivity contribution in [3.63, 3.8) is 0 Å². The highest BCUT2D eigenvalue weighted by atomic mass is 32.1. The van der Waals surface area contributed by atoms with Crippen LogP contribution in [-0.4, -0.2) is 44.6 Å². The summed E-state index contributed by atoms with van der Waals surface area (Å²) in [4.78, 5) is 31.9. The first kappa shape index (κ1) is 25.4. The third-order valence-electron chi connectivity index (χ3n) is 7.18. The van der Waals surface area contributed by atoms with Crippen molar-refractivity contribution in [2.45, 2.75) is 63.7 Å². The number of rotatable bonds is 5. The second-order valence-corrected chi connectivity index (χ2v) is 10.6. The maximum Gasteiger partial charge on any atom is 0.435 e. The largest absolute Gasteiger partial charge is 0.435 e. The molecule has 37 heavy (non-hydrogen) atoms. The van der Waals surface area contributed by atoms with Gasteiger partial charge in [-0.3, -0.25) is 14.3 Å². The maximum absolute atomic E-state index is 12.9. The highest BCUT2D eigenvalue weighted by Crippen LogP contribution is 2.33. The first-order valence-corrected chi connectivity index (χ1v) is 13.3. The lowest BCUT2D eigenvalue weighted by atomic mass is 9.88. The van der Waals surface area contributed by atoms with Gasteiger partial charge >= 0.3 is 6.18 Å². The molecule has 2 aromatic heterocycles. The second-order valence-electron chi connectivity index (χ2n) is 9.67. The van der Waals surface area contributed by atoms with Crippen molar-refractivity contribution in [1.82, 2.24) is 25.0 Å². The smallest absolute Gasteiger partial charge is 0.344 e. The molecule has 2 amide bonds. The summed E-state index contributed by atoms with van der Waals surface area (Å²) in [6, 6.07) is 9.14. The Morgan fingerprint density at radius 3 is 2.65 bits per heavy atom. The zero-order valence-electron chi connectivity index (χ0n) is 20.4. The SMILES string of the molecule is Cc1cc(C(F)(F)F)nn1CC(=O)N1CCC(c2nc(C(=O)NC3CCCc4ccccc43)cs2)CC1. The number of nitrogens with one attached hydrogen (secondary N) is 1. The van der Waals surface area contributed by atoms with E-state index in [1.54, 1.807) is 10.3 Å². The highest BCUT2D eigenvalue weighted by molar-refractivity contribution is 7.09. The Morgan fingerprint density at radius 1 is 1.16 bits per heavy atom. The molecule has 0 radical (unpaired) electrons. The molecule has 1 saturated heterocycles. The van der Waals surface area contributed by atoms with Gasteiger partial charge in [-0.25, -0.2) is 4.98 Å². The number of hydrogen-bond donors (Lipinski definition) is 1. The Kier molecular flexibility index (Phi) is 7.06. The van der Waals surface area contributed by atoms with Gasteiger partial charge in [0.25, 0.3) is 5.91 Å². The van der Waals surface area contributed by atoms with Crippen LogP contribution in [0.1, 0.15) is 75.7 Å². The number of amides is 2. The monoisotopic (exact) mass is 531 g/mol. The molecule has 1 fully saturated rings. The third kappa shape index (κ3) is 5.56. The molecule has 7 nitrogen and oxygen atoms in total. The Morgan fingerprint density at radius 2 is 1.92 bits per heavy atom. The number of benzene rings is 1. The van der Waals surface area contributed by atoms with Crippen LogP contribution in [0.4, 0.5) is 13.2 Å². The molecule has 1 aliphatic heterocycles. The number of alkyl halides is 3. The van der Waals surface area contributed by atoms with Gasteiger partial charge in [-0.05, 0) is 56.2 Å². The molecule has 3 aromatic rings. The number of nitrogens with zero attached hydrogens (tertiary/aromatic N) is 4. The fourth-order valence-electron chi connectivity index (χ4n) is 5.13. The molecule has 11 heteroatoms. The second kappa shape index (κ2) is 10.3. The molecule has 1 unspecified atom stereocenters. The number of thiazole rings is 1. The molecule has 0 bridgehead atoms. The van der Waals surface area contributed by atoms with Crippen molar-refractivity contribution in [3.05, 3.63) is 68.9 Å². The molecule has 1 aromatic carbocycles. The van der Waals surface area contributed by atoms with E-state index in [9.17, 15) is 22.8 Å². The van der Waals surface area contributed by atoms with Crippen molar-refractivity contribution in [3.8, 4) is 0 Å². The topological polar surface area (TPSA) is 80.1 Å². The van der Waals surface area contributed by atoms with Crippen molar-refractivity contribution in [2.24, 2.45) is 0 Å². The van der Waals surface area contributed by atoms with E-state index in [2.05, 4.69) is 27.5 Å². The Bertz CT molecular complexity index is 1290. The maximum atomic E-state index is 12.9. The van der Waals surface area contributed by atoms with Crippen molar-refractivity contribution in [1.29, 1.82) is 0 Å². The number of hydrogen-bond acceptors (Lipinski definition) is 5. The first-order valence-electron chi connectivity index (χ1n) is 12.4. The van der Waals surface area contributed by atoms with E-state index in [0.29, 0.717) is 37.3 Å². The number of fused-ring (bicyclic) bond motifs is 1. The van der Waals surface area contributed by atoms with E-state index >= 15 is 0 Å². The molecule has 196 valence electrons. The molecule has 0 spiro atoms. The number of aryl methyl sites for hydroxylation is 2. The quantitative estimate of drug-likeness (QED) is 0.509. The normalized spacial score (nSPS) is 18.5. The molecule has 1 N–H and O–H groups in total. The van der Waals surface area contributed by atoms with E-state index in [4.69, 9.17) is 0 Å². The Labute approximate surface area is 216 Å². The summed E-state index contributed by atoms with van der Waals surface area (Å²) in [5.41, 5.74) is 2.17. The first-order chi connectivity index (χ1) is 17.7. The van der Waals surface area contributed by atoms with Crippen LogP contribution in [0.25, 0.3) is 0 Å². The zero-order valence-corrected chi connectivity index (χ0v) is 21.2. The molecule has 1 atom stereocenters. The van der Waals surface area contributed by atoms with Gasteiger partial charge in [0.05, 0.1) is 11.0 Å². The summed E-state index contributed by atoms with van der Waals surface area (Å²) in [6.45, 7) is 2.25. The van der Waals surface area contributed by atoms with Gasteiger partial charge in [-0.2, -0.15) is 18.3 Å². The van der Waals surface area contributed by atoms with Gasteiger partial charge in [-0.15, -0.1) is 11.3 Å². The van der Waals surface area contributed by atoms with E-state index in [1.807, 2.05) is 12.1 Å². The van der Waals surface area contributed by atoms with Crippen LogP contribution in [0.5, 0.6) is 0 Å². The number of carbonyl (C=O) groups is 2. The lowest BCUT2D eigenvalue weighted by Crippen LogP contribution is -2.40. The fraction of sp³-hybridized carbons (Fsp3) is 0.462. The molecular weight excluding hydrogens is 503 g/mol. The lowest BCUT2D eigenvalue weighted by Gasteiger charge is -2.31. The standard InChI is InChI=1S/C26H28F3N5O2S/c1-16-13-22(26(27,28)29)32-34(16)14-23(35)33-11-9-18(10-12-33)25-31-21(15-37-25)24(36)30-20-8-4-6-17-5-2-3-7-19(17)20/h2-3,5,7,13,15,18,20H,4,6,8-12,14H2,1H3,(H,30,36). The summed E-state index contributed by atoms with van der Waals surface area (Å²) in [5.74, 6) is -0.302. The summed E-state index contributed by atoms with van der Waals surface area (Å²) in [7, 11) is 0. The average Bonchev–Trinajstić information content (AvgIpc) is 3.52. The minimum Gasteiger partial charge on any atom is -0.344 e. The number of halogens is 3. The minimum atomic E-state index is -4.54. The number of piperidine rings is 1. The van der Waals surface area contributed by atoms with E-state index in [1.165, 1.54) is 29.4 Å². The molecule has 2 aliphatic rings. The Hall–Kier alpha value is -3.21. The van der Waals surface area contributed by atoms with Gasteiger partial charge in [-0.1, -0.05) is 24.3 Å². The van der Waals surface area contributed by atoms with Gasteiger partial charge in [0.15, 0.2) is 5.69 Å². The molecular formula is C26H28F3N5O2S. The number of aromatic nitrogens is 3.